The molecule has 1 aliphatic heterocycles. The molecule has 0 atom stereocenters. The first-order valence-electron chi connectivity index (χ1n) is 7.36. The predicted molar refractivity (Wildman–Crippen MR) is 88.0 cm³/mol. The van der Waals surface area contributed by atoms with Crippen LogP contribution in [0.5, 0.6) is 0 Å². The summed E-state index contributed by atoms with van der Waals surface area (Å²) in [5.41, 5.74) is 5.77. The van der Waals surface area contributed by atoms with Crippen LogP contribution in [0.25, 0.3) is 0 Å². The van der Waals surface area contributed by atoms with Crippen LogP contribution in [0.15, 0.2) is 0 Å². The van der Waals surface area contributed by atoms with Crippen molar-refractivity contribution in [1.82, 2.24) is 15.0 Å². The zero-order valence-electron chi connectivity index (χ0n) is 12.5. The number of hydrogen-bond donors (Lipinski definition) is 2. The predicted octanol–water partition coefficient (Wildman–Crippen LogP) is 1.24. The van der Waals surface area contributed by atoms with E-state index in [0.717, 1.165) is 26.1 Å². The number of aromatic nitrogens is 3. The number of nitrogens with two attached hydrogens (primary N) is 1. The summed E-state index contributed by atoms with van der Waals surface area (Å²) < 4.78 is 5.33. The molecular formula is C13H24N6OS. The van der Waals surface area contributed by atoms with Gasteiger partial charge in [-0.05, 0) is 24.9 Å². The molecule has 1 saturated heterocycles. The second-order valence-corrected chi connectivity index (χ2v) is 5.88. The molecule has 7 nitrogen and oxygen atoms in total. The van der Waals surface area contributed by atoms with Crippen molar-refractivity contribution >= 4 is 29.6 Å². The lowest BCUT2D eigenvalue weighted by molar-refractivity contribution is 0.122. The van der Waals surface area contributed by atoms with E-state index in [-0.39, 0.29) is 5.95 Å². The summed E-state index contributed by atoms with van der Waals surface area (Å²) in [6.07, 6.45) is 5.71. The van der Waals surface area contributed by atoms with Gasteiger partial charge in [-0.3, -0.25) is 0 Å². The number of ether oxygens (including phenoxy) is 1. The van der Waals surface area contributed by atoms with Gasteiger partial charge in [0.15, 0.2) is 0 Å². The van der Waals surface area contributed by atoms with E-state index in [1.807, 2.05) is 11.8 Å². The summed E-state index contributed by atoms with van der Waals surface area (Å²) in [7, 11) is 0. The first-order valence-corrected chi connectivity index (χ1v) is 8.76. The van der Waals surface area contributed by atoms with Crippen molar-refractivity contribution in [3.63, 3.8) is 0 Å². The molecule has 1 aromatic rings. The number of hydrogen-bond acceptors (Lipinski definition) is 8. The minimum absolute atomic E-state index is 0.261. The molecule has 3 N–H and O–H groups in total. The van der Waals surface area contributed by atoms with Crippen LogP contribution >= 0.6 is 11.8 Å². The second kappa shape index (κ2) is 8.89. The van der Waals surface area contributed by atoms with Gasteiger partial charge in [-0.25, -0.2) is 0 Å². The third kappa shape index (κ3) is 5.55. The maximum atomic E-state index is 5.77. The fourth-order valence-corrected chi connectivity index (χ4v) is 2.61. The van der Waals surface area contributed by atoms with Gasteiger partial charge in [0, 0.05) is 19.6 Å². The number of anilines is 3. The van der Waals surface area contributed by atoms with E-state index in [4.69, 9.17) is 10.5 Å². The number of nitrogen functional groups attached to an aromatic ring is 1. The monoisotopic (exact) mass is 312 g/mol. The fraction of sp³-hybridized carbons (Fsp3) is 0.769. The number of thioether (sulfide) groups is 1. The molecule has 0 aliphatic carbocycles. The molecule has 8 heteroatoms. The van der Waals surface area contributed by atoms with Crippen LogP contribution < -0.4 is 16.0 Å². The molecule has 1 aliphatic rings. The van der Waals surface area contributed by atoms with Crippen molar-refractivity contribution in [2.75, 3.05) is 60.8 Å². The number of nitrogens with zero attached hydrogens (tertiary/aromatic N) is 4. The van der Waals surface area contributed by atoms with Gasteiger partial charge in [-0.15, -0.1) is 0 Å². The molecule has 0 spiro atoms. The molecule has 1 fully saturated rings. The largest absolute Gasteiger partial charge is 0.378 e. The Morgan fingerprint density at radius 3 is 2.76 bits per heavy atom. The highest BCUT2D eigenvalue weighted by Gasteiger charge is 2.15. The van der Waals surface area contributed by atoms with Crippen LogP contribution in [-0.4, -0.2) is 59.8 Å². The summed E-state index contributed by atoms with van der Waals surface area (Å²) in [5, 5.41) is 3.23. The third-order valence-electron chi connectivity index (χ3n) is 3.24. The van der Waals surface area contributed by atoms with Crippen molar-refractivity contribution in [2.45, 2.75) is 19.3 Å². The molecule has 2 heterocycles. The van der Waals surface area contributed by atoms with Crippen LogP contribution in [0.4, 0.5) is 17.8 Å². The van der Waals surface area contributed by atoms with Crippen molar-refractivity contribution in [3.8, 4) is 0 Å². The van der Waals surface area contributed by atoms with Crippen molar-refractivity contribution in [3.05, 3.63) is 0 Å². The third-order valence-corrected chi connectivity index (χ3v) is 3.94. The Morgan fingerprint density at radius 2 is 2.00 bits per heavy atom. The minimum Gasteiger partial charge on any atom is -0.378 e. The Hall–Kier alpha value is -1.28. The van der Waals surface area contributed by atoms with Gasteiger partial charge in [0.05, 0.1) is 13.2 Å². The summed E-state index contributed by atoms with van der Waals surface area (Å²) in [4.78, 5) is 14.9. The maximum Gasteiger partial charge on any atom is 0.232 e. The highest BCUT2D eigenvalue weighted by molar-refractivity contribution is 7.98. The van der Waals surface area contributed by atoms with Gasteiger partial charge in [0.1, 0.15) is 0 Å². The van der Waals surface area contributed by atoms with Gasteiger partial charge in [-0.1, -0.05) is 6.42 Å². The zero-order chi connectivity index (χ0) is 14.9. The molecule has 0 radical (unpaired) electrons. The van der Waals surface area contributed by atoms with E-state index in [1.54, 1.807) is 0 Å². The van der Waals surface area contributed by atoms with Gasteiger partial charge < -0.3 is 20.7 Å². The lowest BCUT2D eigenvalue weighted by Gasteiger charge is -2.26. The SMILES string of the molecule is CSCCCCCNc1nc(N)nc(N2CCOCC2)n1. The Kier molecular flexibility index (Phi) is 6.81. The number of nitrogens with one attached hydrogen (secondary N) is 1. The minimum atomic E-state index is 0.261. The molecule has 0 unspecified atom stereocenters. The van der Waals surface area contributed by atoms with Crippen LogP contribution in [0, 0.1) is 0 Å². The fourth-order valence-electron chi connectivity index (χ4n) is 2.11. The van der Waals surface area contributed by atoms with Crippen molar-refractivity contribution in [2.24, 2.45) is 0 Å². The highest BCUT2D eigenvalue weighted by atomic mass is 32.2. The summed E-state index contributed by atoms with van der Waals surface area (Å²) in [5.74, 6) is 2.68. The Labute approximate surface area is 130 Å². The topological polar surface area (TPSA) is 89.2 Å². The van der Waals surface area contributed by atoms with E-state index >= 15 is 0 Å². The molecule has 0 bridgehead atoms. The molecule has 1 aromatic heterocycles. The lowest BCUT2D eigenvalue weighted by Crippen LogP contribution is -2.37. The second-order valence-electron chi connectivity index (χ2n) is 4.90. The van der Waals surface area contributed by atoms with Crippen LogP contribution in [-0.2, 0) is 4.74 Å². The standard InChI is InChI=1S/C13H24N6OS/c1-21-10-4-2-3-5-15-12-16-11(14)17-13(18-12)19-6-8-20-9-7-19/h2-10H2,1H3,(H3,14,15,16,17,18). The van der Waals surface area contributed by atoms with Gasteiger partial charge in [-0.2, -0.15) is 26.7 Å². The van der Waals surface area contributed by atoms with E-state index in [9.17, 15) is 0 Å². The Balaban J connectivity index is 1.83. The summed E-state index contributed by atoms with van der Waals surface area (Å²) >= 11 is 1.89. The number of rotatable bonds is 8. The van der Waals surface area contributed by atoms with Gasteiger partial charge in [0.2, 0.25) is 17.8 Å². The Morgan fingerprint density at radius 1 is 1.19 bits per heavy atom. The number of morpholine rings is 1. The molecule has 118 valence electrons. The van der Waals surface area contributed by atoms with E-state index < -0.39 is 0 Å². The average molecular weight is 312 g/mol. The summed E-state index contributed by atoms with van der Waals surface area (Å²) in [6, 6.07) is 0. The van der Waals surface area contributed by atoms with Crippen LogP contribution in [0.3, 0.4) is 0 Å². The molecular weight excluding hydrogens is 288 g/mol. The average Bonchev–Trinajstić information content (AvgIpc) is 2.51. The smallest absolute Gasteiger partial charge is 0.232 e. The molecule has 21 heavy (non-hydrogen) atoms. The molecule has 2 rings (SSSR count). The van der Waals surface area contributed by atoms with Crippen LogP contribution in [0.2, 0.25) is 0 Å². The first-order chi connectivity index (χ1) is 10.3. The van der Waals surface area contributed by atoms with Gasteiger partial charge in [0.25, 0.3) is 0 Å². The van der Waals surface area contributed by atoms with Crippen molar-refractivity contribution in [1.29, 1.82) is 0 Å². The van der Waals surface area contributed by atoms with E-state index in [1.165, 1.54) is 18.6 Å². The van der Waals surface area contributed by atoms with E-state index in [0.29, 0.717) is 25.1 Å². The first kappa shape index (κ1) is 16.1. The normalized spacial score (nSPS) is 15.2. The quantitative estimate of drug-likeness (QED) is 0.693. The maximum absolute atomic E-state index is 5.77. The zero-order valence-corrected chi connectivity index (χ0v) is 13.4. The molecule has 0 amide bonds. The van der Waals surface area contributed by atoms with Crippen LogP contribution in [0.1, 0.15) is 19.3 Å². The Bertz CT molecular complexity index is 427. The molecule has 0 aromatic carbocycles. The van der Waals surface area contributed by atoms with Gasteiger partial charge >= 0.3 is 0 Å². The molecule has 0 saturated carbocycles. The lowest BCUT2D eigenvalue weighted by atomic mass is 10.2. The van der Waals surface area contributed by atoms with Crippen molar-refractivity contribution < 1.29 is 4.74 Å². The highest BCUT2D eigenvalue weighted by Crippen LogP contribution is 2.13. The summed E-state index contributed by atoms with van der Waals surface area (Å²) in [6.45, 7) is 3.84. The van der Waals surface area contributed by atoms with E-state index in [2.05, 4.69) is 31.4 Å². The number of unbranched alkanes of at least 4 members (excludes halogenated alkanes) is 2.